The maximum atomic E-state index is 11.6. The van der Waals surface area contributed by atoms with Crippen LogP contribution in [0.1, 0.15) is 39.0 Å². The van der Waals surface area contributed by atoms with Crippen LogP contribution >= 0.6 is 0 Å². The van der Waals surface area contributed by atoms with E-state index in [0.717, 1.165) is 19.1 Å². The van der Waals surface area contributed by atoms with Gasteiger partial charge in [-0.05, 0) is 32.6 Å². The van der Waals surface area contributed by atoms with Gasteiger partial charge < -0.3 is 5.32 Å². The van der Waals surface area contributed by atoms with Crippen LogP contribution in [0.2, 0.25) is 0 Å². The molecule has 2 N–H and O–H groups in total. The third-order valence-corrected chi connectivity index (χ3v) is 3.70. The van der Waals surface area contributed by atoms with Crippen LogP contribution < -0.4 is 10.0 Å². The van der Waals surface area contributed by atoms with Crippen LogP contribution in [0.25, 0.3) is 0 Å². The highest BCUT2D eigenvalue weighted by molar-refractivity contribution is 7.88. The summed E-state index contributed by atoms with van der Waals surface area (Å²) in [6.07, 6.45) is 7.99. The number of hydrogen-bond donors (Lipinski definition) is 2. The molecule has 5 nitrogen and oxygen atoms in total. The van der Waals surface area contributed by atoms with Crippen molar-refractivity contribution in [2.75, 3.05) is 12.8 Å². The van der Waals surface area contributed by atoms with Crippen LogP contribution in [0, 0.1) is 0 Å². The Balaban J connectivity index is 2.29. The molecule has 1 atom stereocenters. The lowest BCUT2D eigenvalue weighted by Gasteiger charge is -2.20. The molecular weight excluding hydrogens is 252 g/mol. The van der Waals surface area contributed by atoms with Crippen molar-refractivity contribution in [1.82, 2.24) is 10.0 Å². The van der Waals surface area contributed by atoms with E-state index in [-0.39, 0.29) is 24.9 Å². The van der Waals surface area contributed by atoms with Gasteiger partial charge in [0.15, 0.2) is 0 Å². The topological polar surface area (TPSA) is 75.3 Å². The fourth-order valence-electron chi connectivity index (χ4n) is 2.01. The molecule has 6 heteroatoms. The van der Waals surface area contributed by atoms with Gasteiger partial charge in [0.1, 0.15) is 0 Å². The Labute approximate surface area is 109 Å². The van der Waals surface area contributed by atoms with E-state index in [4.69, 9.17) is 0 Å². The lowest BCUT2D eigenvalue weighted by atomic mass is 9.95. The minimum absolute atomic E-state index is 0.0519. The summed E-state index contributed by atoms with van der Waals surface area (Å²) < 4.78 is 24.0. The third-order valence-electron chi connectivity index (χ3n) is 2.98. The number of carbonyl (C=O) groups excluding carboxylic acids is 1. The second-order valence-electron chi connectivity index (χ2n) is 4.73. The van der Waals surface area contributed by atoms with Crippen molar-refractivity contribution in [3.8, 4) is 0 Å². The van der Waals surface area contributed by atoms with Crippen molar-refractivity contribution in [3.63, 3.8) is 0 Å². The largest absolute Gasteiger partial charge is 0.350 e. The van der Waals surface area contributed by atoms with Gasteiger partial charge in [0, 0.05) is 19.0 Å². The monoisotopic (exact) mass is 274 g/mol. The van der Waals surface area contributed by atoms with Crippen molar-refractivity contribution in [1.29, 1.82) is 0 Å². The molecule has 0 unspecified atom stereocenters. The molecule has 0 bridgehead atoms. The first-order valence-corrected chi connectivity index (χ1v) is 8.20. The Morgan fingerprint density at radius 3 is 2.72 bits per heavy atom. The molecule has 0 saturated heterocycles. The van der Waals surface area contributed by atoms with Gasteiger partial charge in [-0.15, -0.1) is 0 Å². The molecule has 0 radical (unpaired) electrons. The summed E-state index contributed by atoms with van der Waals surface area (Å²) in [6.45, 7) is 2.12. The van der Waals surface area contributed by atoms with Crippen LogP contribution in [0.5, 0.6) is 0 Å². The first-order valence-electron chi connectivity index (χ1n) is 6.31. The number of sulfonamides is 1. The first-order chi connectivity index (χ1) is 8.38. The molecular formula is C12H22N2O3S. The molecule has 1 aliphatic rings. The SMILES string of the molecule is C[C@@H](NC(=O)CCNS(C)(=O)=O)C1=CCCCC1. The first kappa shape index (κ1) is 15.2. The summed E-state index contributed by atoms with van der Waals surface area (Å²) in [5.74, 6) is -0.120. The van der Waals surface area contributed by atoms with E-state index in [0.29, 0.717) is 0 Å². The minimum atomic E-state index is -3.21. The quantitative estimate of drug-likeness (QED) is 0.708. The van der Waals surface area contributed by atoms with E-state index >= 15 is 0 Å². The Kier molecular flexibility index (Phi) is 5.81. The molecule has 0 aromatic heterocycles. The Hall–Kier alpha value is -0.880. The summed E-state index contributed by atoms with van der Waals surface area (Å²) in [7, 11) is -3.21. The van der Waals surface area contributed by atoms with Gasteiger partial charge in [0.05, 0.1) is 6.26 Å². The van der Waals surface area contributed by atoms with Crippen LogP contribution in [0.15, 0.2) is 11.6 Å². The molecule has 104 valence electrons. The molecule has 1 aliphatic carbocycles. The summed E-state index contributed by atoms with van der Waals surface area (Å²) in [6, 6.07) is 0.0519. The second-order valence-corrected chi connectivity index (χ2v) is 6.56. The normalized spacial score (nSPS) is 18.0. The van der Waals surface area contributed by atoms with Crippen LogP contribution in [0.4, 0.5) is 0 Å². The molecule has 0 aromatic rings. The maximum absolute atomic E-state index is 11.6. The Morgan fingerprint density at radius 1 is 1.44 bits per heavy atom. The average molecular weight is 274 g/mol. The standard InChI is InChI=1S/C12H22N2O3S/c1-10(11-6-4-3-5-7-11)14-12(15)8-9-13-18(2,16)17/h6,10,13H,3-5,7-9H2,1-2H3,(H,14,15)/t10-/m1/s1. The predicted octanol–water partition coefficient (Wildman–Crippen LogP) is 0.931. The average Bonchev–Trinajstić information content (AvgIpc) is 2.28. The van der Waals surface area contributed by atoms with Gasteiger partial charge in [0.2, 0.25) is 15.9 Å². The summed E-state index contributed by atoms with van der Waals surface area (Å²) in [5.41, 5.74) is 1.28. The maximum Gasteiger partial charge on any atom is 0.221 e. The third kappa shape index (κ3) is 6.16. The highest BCUT2D eigenvalue weighted by Crippen LogP contribution is 2.19. The van der Waals surface area contributed by atoms with E-state index in [1.54, 1.807) is 0 Å². The van der Waals surface area contributed by atoms with E-state index in [9.17, 15) is 13.2 Å². The predicted molar refractivity (Wildman–Crippen MR) is 71.6 cm³/mol. The molecule has 0 aliphatic heterocycles. The van der Waals surface area contributed by atoms with Gasteiger partial charge >= 0.3 is 0 Å². The summed E-state index contributed by atoms with van der Waals surface area (Å²) in [5, 5.41) is 2.89. The number of allylic oxidation sites excluding steroid dienone is 1. The van der Waals surface area contributed by atoms with Crippen molar-refractivity contribution < 1.29 is 13.2 Å². The van der Waals surface area contributed by atoms with Crippen LogP contribution in [0.3, 0.4) is 0 Å². The number of hydrogen-bond acceptors (Lipinski definition) is 3. The van der Waals surface area contributed by atoms with Gasteiger partial charge in [-0.3, -0.25) is 4.79 Å². The van der Waals surface area contributed by atoms with E-state index in [1.165, 1.54) is 18.4 Å². The van der Waals surface area contributed by atoms with Gasteiger partial charge in [0.25, 0.3) is 0 Å². The molecule has 1 rings (SSSR count). The summed E-state index contributed by atoms with van der Waals surface area (Å²) >= 11 is 0. The Morgan fingerprint density at radius 2 is 2.17 bits per heavy atom. The molecule has 0 aromatic carbocycles. The number of amides is 1. The molecule has 1 amide bonds. The lowest BCUT2D eigenvalue weighted by Crippen LogP contribution is -2.36. The number of carbonyl (C=O) groups is 1. The fourth-order valence-corrected chi connectivity index (χ4v) is 2.49. The van der Waals surface area contributed by atoms with Crippen LogP contribution in [-0.2, 0) is 14.8 Å². The minimum Gasteiger partial charge on any atom is -0.350 e. The number of nitrogens with one attached hydrogen (secondary N) is 2. The molecule has 18 heavy (non-hydrogen) atoms. The van der Waals surface area contributed by atoms with Gasteiger partial charge in [-0.2, -0.15) is 0 Å². The van der Waals surface area contributed by atoms with Crippen molar-refractivity contribution >= 4 is 15.9 Å². The lowest BCUT2D eigenvalue weighted by molar-refractivity contribution is -0.121. The van der Waals surface area contributed by atoms with Crippen molar-refractivity contribution in [3.05, 3.63) is 11.6 Å². The van der Waals surface area contributed by atoms with Crippen molar-refractivity contribution in [2.24, 2.45) is 0 Å². The van der Waals surface area contributed by atoms with Gasteiger partial charge in [-0.1, -0.05) is 11.6 Å². The van der Waals surface area contributed by atoms with E-state index in [1.807, 2.05) is 6.92 Å². The molecule has 0 saturated carbocycles. The fraction of sp³-hybridized carbons (Fsp3) is 0.750. The summed E-state index contributed by atoms with van der Waals surface area (Å²) in [4.78, 5) is 11.6. The number of rotatable bonds is 6. The van der Waals surface area contributed by atoms with Crippen LogP contribution in [-0.4, -0.2) is 33.2 Å². The molecule has 0 fully saturated rings. The highest BCUT2D eigenvalue weighted by atomic mass is 32.2. The van der Waals surface area contributed by atoms with Crippen molar-refractivity contribution in [2.45, 2.75) is 45.1 Å². The zero-order valence-electron chi connectivity index (χ0n) is 11.0. The molecule has 0 heterocycles. The van der Waals surface area contributed by atoms with E-state index in [2.05, 4.69) is 16.1 Å². The smallest absolute Gasteiger partial charge is 0.221 e. The Bertz CT molecular complexity index is 415. The highest BCUT2D eigenvalue weighted by Gasteiger charge is 2.14. The van der Waals surface area contributed by atoms with E-state index < -0.39 is 10.0 Å². The zero-order chi connectivity index (χ0) is 13.6. The zero-order valence-corrected chi connectivity index (χ0v) is 11.8. The van der Waals surface area contributed by atoms with Gasteiger partial charge in [-0.25, -0.2) is 13.1 Å². The second kappa shape index (κ2) is 6.89. The molecule has 0 spiro atoms.